The molecule has 0 aliphatic carbocycles. The lowest BCUT2D eigenvalue weighted by molar-refractivity contribution is -0.143. The summed E-state index contributed by atoms with van der Waals surface area (Å²) < 4.78 is 29.6. The fraction of sp³-hybridized carbons (Fsp3) is 0.194. The highest BCUT2D eigenvalue weighted by Crippen LogP contribution is 2.50. The highest BCUT2D eigenvalue weighted by Gasteiger charge is 2.39. The Morgan fingerprint density at radius 1 is 1.07 bits per heavy atom. The van der Waals surface area contributed by atoms with Crippen LogP contribution in [0.3, 0.4) is 0 Å². The molecular weight excluding hydrogens is 514 g/mol. The van der Waals surface area contributed by atoms with E-state index in [1.807, 2.05) is 48.1 Å². The van der Waals surface area contributed by atoms with Crippen molar-refractivity contribution in [3.05, 3.63) is 88.8 Å². The molecule has 9 nitrogen and oxygen atoms in total. The number of ether oxygens (including phenoxy) is 5. The predicted octanol–water partition coefficient (Wildman–Crippen LogP) is 4.80. The molecule has 0 unspecified atom stereocenters. The number of carbonyl (C=O) groups excluding carboxylic acids is 3. The number of ketones is 1. The summed E-state index contributed by atoms with van der Waals surface area (Å²) in [5, 5.41) is 0.909. The SMILES string of the molecule is COC(=O)COc1ccccc1[C@@H]1CC(=O)Oc2ccc3c(c21)O/C(=C\c1cn(C)c2ccc(OC)cc12)C3=O. The first kappa shape index (κ1) is 25.2. The third-order valence-corrected chi connectivity index (χ3v) is 7.16. The van der Waals surface area contributed by atoms with Crippen LogP contribution >= 0.6 is 0 Å². The average molecular weight is 540 g/mol. The molecule has 2 aliphatic rings. The van der Waals surface area contributed by atoms with Gasteiger partial charge in [0.15, 0.2) is 12.4 Å². The number of hydrogen-bond donors (Lipinski definition) is 0. The van der Waals surface area contributed by atoms with Gasteiger partial charge in [-0.3, -0.25) is 9.59 Å². The number of fused-ring (bicyclic) bond motifs is 4. The molecule has 0 saturated heterocycles. The first-order valence-electron chi connectivity index (χ1n) is 12.6. The van der Waals surface area contributed by atoms with Crippen LogP contribution in [0.2, 0.25) is 0 Å². The van der Waals surface area contributed by atoms with Gasteiger partial charge in [-0.1, -0.05) is 18.2 Å². The first-order chi connectivity index (χ1) is 19.4. The Hall–Kier alpha value is -5.05. The van der Waals surface area contributed by atoms with Crippen molar-refractivity contribution in [2.75, 3.05) is 20.8 Å². The molecule has 1 aromatic heterocycles. The molecule has 2 aliphatic heterocycles. The second-order valence-corrected chi connectivity index (χ2v) is 9.51. The van der Waals surface area contributed by atoms with Crippen molar-refractivity contribution < 1.29 is 38.1 Å². The lowest BCUT2D eigenvalue weighted by atomic mass is 9.84. The lowest BCUT2D eigenvalue weighted by Crippen LogP contribution is -2.22. The second-order valence-electron chi connectivity index (χ2n) is 9.51. The molecule has 202 valence electrons. The zero-order valence-electron chi connectivity index (χ0n) is 22.1. The van der Waals surface area contributed by atoms with Crippen LogP contribution in [-0.2, 0) is 21.4 Å². The number of nitrogens with zero attached hydrogens (tertiary/aromatic N) is 1. The summed E-state index contributed by atoms with van der Waals surface area (Å²) in [4.78, 5) is 37.9. The van der Waals surface area contributed by atoms with Crippen LogP contribution < -0.4 is 18.9 Å². The fourth-order valence-electron chi connectivity index (χ4n) is 5.25. The summed E-state index contributed by atoms with van der Waals surface area (Å²) in [6.45, 7) is -0.290. The quantitative estimate of drug-likeness (QED) is 0.196. The third kappa shape index (κ3) is 4.25. The number of esters is 2. The van der Waals surface area contributed by atoms with E-state index >= 15 is 0 Å². The van der Waals surface area contributed by atoms with E-state index in [4.69, 9.17) is 23.7 Å². The van der Waals surface area contributed by atoms with Gasteiger partial charge in [0.2, 0.25) is 5.78 Å². The Labute approximate surface area is 229 Å². The van der Waals surface area contributed by atoms with Gasteiger partial charge in [-0.15, -0.1) is 0 Å². The molecule has 0 spiro atoms. The Morgan fingerprint density at radius 3 is 2.70 bits per heavy atom. The number of aromatic nitrogens is 1. The molecule has 40 heavy (non-hydrogen) atoms. The minimum absolute atomic E-state index is 0.00175. The van der Waals surface area contributed by atoms with Gasteiger partial charge in [0.05, 0.1) is 26.2 Å². The summed E-state index contributed by atoms with van der Waals surface area (Å²) in [6, 6.07) is 16.1. The largest absolute Gasteiger partial charge is 0.497 e. The normalized spacial score (nSPS) is 16.8. The summed E-state index contributed by atoms with van der Waals surface area (Å²) >= 11 is 0. The maximum absolute atomic E-state index is 13.5. The maximum Gasteiger partial charge on any atom is 0.343 e. The number of benzene rings is 3. The van der Waals surface area contributed by atoms with Crippen molar-refractivity contribution >= 4 is 34.7 Å². The van der Waals surface area contributed by atoms with Crippen LogP contribution in [0.15, 0.2) is 66.6 Å². The Morgan fingerprint density at radius 2 is 1.90 bits per heavy atom. The Balaban J connectivity index is 1.43. The fourth-order valence-corrected chi connectivity index (χ4v) is 5.25. The number of methoxy groups -OCH3 is 2. The standard InChI is InChI=1S/C31H25NO8/c1-32-15-17(21-13-18(36-2)8-10-23(21)32)12-26-30(35)20-9-11-25-29(31(20)40-26)22(14-27(33)39-25)19-6-4-5-7-24(19)38-16-28(34)37-3/h4-13,15,22H,14,16H2,1-3H3/b26-12-/t22-/m0/s1. The molecule has 0 bridgehead atoms. The van der Waals surface area contributed by atoms with Gasteiger partial charge < -0.3 is 28.3 Å². The molecule has 0 radical (unpaired) electrons. The van der Waals surface area contributed by atoms with Gasteiger partial charge in [0.25, 0.3) is 0 Å². The molecule has 0 N–H and O–H groups in total. The van der Waals surface area contributed by atoms with Gasteiger partial charge >= 0.3 is 11.9 Å². The summed E-state index contributed by atoms with van der Waals surface area (Å²) in [7, 11) is 4.81. The molecule has 9 heteroatoms. The Bertz CT molecular complexity index is 1730. The van der Waals surface area contributed by atoms with Crippen molar-refractivity contribution in [1.29, 1.82) is 0 Å². The highest BCUT2D eigenvalue weighted by atomic mass is 16.6. The second kappa shape index (κ2) is 9.92. The minimum Gasteiger partial charge on any atom is -0.497 e. The molecule has 3 heterocycles. The zero-order valence-corrected chi connectivity index (χ0v) is 22.1. The lowest BCUT2D eigenvalue weighted by Gasteiger charge is -2.27. The first-order valence-corrected chi connectivity index (χ1v) is 12.6. The molecule has 6 rings (SSSR count). The van der Waals surface area contributed by atoms with E-state index in [2.05, 4.69) is 0 Å². The molecule has 3 aromatic carbocycles. The molecule has 0 fully saturated rings. The Kier molecular flexibility index (Phi) is 6.26. The van der Waals surface area contributed by atoms with E-state index in [1.165, 1.54) is 7.11 Å². The van der Waals surface area contributed by atoms with Crippen molar-refractivity contribution in [3.8, 4) is 23.0 Å². The monoisotopic (exact) mass is 539 g/mol. The van der Waals surface area contributed by atoms with Crippen molar-refractivity contribution in [1.82, 2.24) is 4.57 Å². The third-order valence-electron chi connectivity index (χ3n) is 7.16. The van der Waals surface area contributed by atoms with Gasteiger partial charge in [0, 0.05) is 46.8 Å². The van der Waals surface area contributed by atoms with Crippen molar-refractivity contribution in [2.24, 2.45) is 7.05 Å². The van der Waals surface area contributed by atoms with Gasteiger partial charge in [0.1, 0.15) is 23.0 Å². The van der Waals surface area contributed by atoms with E-state index < -0.39 is 17.9 Å². The van der Waals surface area contributed by atoms with Crippen molar-refractivity contribution in [2.45, 2.75) is 12.3 Å². The van der Waals surface area contributed by atoms with Crippen LogP contribution in [0.1, 0.15) is 39.4 Å². The summed E-state index contributed by atoms with van der Waals surface area (Å²) in [6.07, 6.45) is 3.64. The number of allylic oxidation sites excluding steroid dienone is 1. The zero-order chi connectivity index (χ0) is 28.0. The van der Waals surface area contributed by atoms with Crippen LogP contribution in [0.5, 0.6) is 23.0 Å². The predicted molar refractivity (Wildman–Crippen MR) is 145 cm³/mol. The highest BCUT2D eigenvalue weighted by molar-refractivity contribution is 6.15. The number of para-hydroxylation sites is 1. The molecule has 0 saturated carbocycles. The molecule has 0 amide bonds. The van der Waals surface area contributed by atoms with E-state index in [1.54, 1.807) is 37.5 Å². The van der Waals surface area contributed by atoms with E-state index in [9.17, 15) is 14.4 Å². The smallest absolute Gasteiger partial charge is 0.343 e. The van der Waals surface area contributed by atoms with Crippen LogP contribution in [0, 0.1) is 0 Å². The average Bonchev–Trinajstić information content (AvgIpc) is 3.46. The number of carbonyl (C=O) groups is 3. The molecule has 4 aromatic rings. The van der Waals surface area contributed by atoms with Crippen LogP contribution in [-0.4, -0.2) is 43.1 Å². The summed E-state index contributed by atoms with van der Waals surface area (Å²) in [5.74, 6) is 0.160. The summed E-state index contributed by atoms with van der Waals surface area (Å²) in [5.41, 5.74) is 3.38. The topological polar surface area (TPSA) is 102 Å². The molecule has 1 atom stereocenters. The minimum atomic E-state index is -0.533. The molecular formula is C31H25NO8. The van der Waals surface area contributed by atoms with E-state index in [-0.39, 0.29) is 24.6 Å². The number of aryl methyl sites for hydroxylation is 1. The van der Waals surface area contributed by atoms with Crippen LogP contribution in [0.25, 0.3) is 17.0 Å². The van der Waals surface area contributed by atoms with Gasteiger partial charge in [-0.05, 0) is 42.5 Å². The van der Waals surface area contributed by atoms with Gasteiger partial charge in [-0.2, -0.15) is 0 Å². The van der Waals surface area contributed by atoms with Crippen molar-refractivity contribution in [3.63, 3.8) is 0 Å². The maximum atomic E-state index is 13.5. The number of Topliss-reactive ketones (excluding diaryl/α,β-unsaturated/α-hetero) is 1. The van der Waals surface area contributed by atoms with Gasteiger partial charge in [-0.25, -0.2) is 4.79 Å². The number of hydrogen-bond acceptors (Lipinski definition) is 8. The van der Waals surface area contributed by atoms with Crippen LogP contribution in [0.4, 0.5) is 0 Å². The van der Waals surface area contributed by atoms with E-state index in [0.717, 1.165) is 16.5 Å². The number of rotatable bonds is 6. The van der Waals surface area contributed by atoms with E-state index in [0.29, 0.717) is 39.7 Å².